The minimum Gasteiger partial charge on any atom is -0.369 e. The fourth-order valence-electron chi connectivity index (χ4n) is 2.78. The molecule has 0 saturated heterocycles. The van der Waals surface area contributed by atoms with Crippen LogP contribution in [0, 0.1) is 12.3 Å². The van der Waals surface area contributed by atoms with Crippen molar-refractivity contribution in [2.24, 2.45) is 5.41 Å². The van der Waals surface area contributed by atoms with Crippen molar-refractivity contribution in [2.45, 2.75) is 65.7 Å². The molecule has 1 heterocycles. The van der Waals surface area contributed by atoms with E-state index in [9.17, 15) is 0 Å². The number of hydrogen-bond acceptors (Lipinski definition) is 3. The van der Waals surface area contributed by atoms with Crippen molar-refractivity contribution in [3.63, 3.8) is 0 Å². The van der Waals surface area contributed by atoms with E-state index in [0.29, 0.717) is 11.3 Å². The molecule has 0 unspecified atom stereocenters. The third-order valence-electron chi connectivity index (χ3n) is 4.28. The van der Waals surface area contributed by atoms with E-state index >= 15 is 0 Å². The quantitative estimate of drug-likeness (QED) is 0.833. The molecule has 3 nitrogen and oxygen atoms in total. The largest absolute Gasteiger partial charge is 0.369 e. The number of nitrogens with zero attached hydrogens (tertiary/aromatic N) is 2. The normalized spacial score (nSPS) is 19.1. The highest BCUT2D eigenvalue weighted by Gasteiger charge is 2.29. The van der Waals surface area contributed by atoms with Gasteiger partial charge in [-0.2, -0.15) is 0 Å². The molecule has 20 heavy (non-hydrogen) atoms. The first-order valence-electron chi connectivity index (χ1n) is 7.71. The summed E-state index contributed by atoms with van der Waals surface area (Å²) in [5, 5.41) is 3.40. The van der Waals surface area contributed by atoms with Gasteiger partial charge in [0.25, 0.3) is 0 Å². The first-order chi connectivity index (χ1) is 9.43. The first-order valence-corrected chi connectivity index (χ1v) is 8.50. The van der Waals surface area contributed by atoms with Crippen LogP contribution in [0.25, 0.3) is 0 Å². The molecule has 1 N–H and O–H groups in total. The zero-order valence-corrected chi connectivity index (χ0v) is 14.7. The molecule has 2 rings (SSSR count). The minimum atomic E-state index is 0.490. The molecule has 0 amide bonds. The van der Waals surface area contributed by atoms with E-state index in [2.05, 4.69) is 48.9 Å². The molecule has 0 aliphatic heterocycles. The fourth-order valence-corrected chi connectivity index (χ4v) is 3.10. The maximum absolute atomic E-state index is 4.77. The number of aryl methyl sites for hydroxylation is 1. The monoisotopic (exact) mass is 339 g/mol. The molecule has 0 bridgehead atoms. The zero-order valence-electron chi connectivity index (χ0n) is 13.1. The van der Waals surface area contributed by atoms with Crippen molar-refractivity contribution in [1.82, 2.24) is 9.97 Å². The average Bonchev–Trinajstić information content (AvgIpc) is 2.40. The average molecular weight is 340 g/mol. The van der Waals surface area contributed by atoms with Crippen LogP contribution in [0.5, 0.6) is 0 Å². The molecular weight excluding hydrogens is 314 g/mol. The van der Waals surface area contributed by atoms with Crippen molar-refractivity contribution in [2.75, 3.05) is 11.9 Å². The van der Waals surface area contributed by atoms with E-state index < -0.39 is 0 Å². The molecule has 1 aromatic heterocycles. The van der Waals surface area contributed by atoms with Gasteiger partial charge in [-0.3, -0.25) is 0 Å². The summed E-state index contributed by atoms with van der Waals surface area (Å²) in [5.41, 5.74) is 1.53. The van der Waals surface area contributed by atoms with Gasteiger partial charge >= 0.3 is 0 Å². The lowest BCUT2D eigenvalue weighted by molar-refractivity contribution is 0.220. The molecule has 0 aromatic carbocycles. The summed E-state index contributed by atoms with van der Waals surface area (Å²) in [6, 6.07) is 0. The molecule has 1 fully saturated rings. The van der Waals surface area contributed by atoms with Gasteiger partial charge in [0.1, 0.15) is 11.6 Å². The van der Waals surface area contributed by atoms with Crippen molar-refractivity contribution < 1.29 is 0 Å². The van der Waals surface area contributed by atoms with Crippen LogP contribution in [0.4, 0.5) is 5.82 Å². The molecule has 4 heteroatoms. The standard InChI is InChI=1S/C16H26BrN3/c1-5-10-18-15-13(17)11(2)19-14(20-15)12-6-8-16(3,4)9-7-12/h12H,5-10H2,1-4H3,(H,18,19,20). The molecule has 1 aliphatic carbocycles. The summed E-state index contributed by atoms with van der Waals surface area (Å²) in [5.74, 6) is 2.51. The Morgan fingerprint density at radius 1 is 1.25 bits per heavy atom. The van der Waals surface area contributed by atoms with Crippen molar-refractivity contribution in [3.8, 4) is 0 Å². The second-order valence-electron chi connectivity index (χ2n) is 6.70. The van der Waals surface area contributed by atoms with Crippen molar-refractivity contribution in [1.29, 1.82) is 0 Å². The van der Waals surface area contributed by atoms with E-state index in [1.165, 1.54) is 25.7 Å². The van der Waals surface area contributed by atoms with Crippen LogP contribution in [0.15, 0.2) is 4.47 Å². The Kier molecular flexibility index (Phi) is 5.05. The highest BCUT2D eigenvalue weighted by atomic mass is 79.9. The molecule has 1 saturated carbocycles. The van der Waals surface area contributed by atoms with E-state index in [4.69, 9.17) is 9.97 Å². The van der Waals surface area contributed by atoms with E-state index in [1.807, 2.05) is 0 Å². The van der Waals surface area contributed by atoms with Gasteiger partial charge in [-0.1, -0.05) is 20.8 Å². The third kappa shape index (κ3) is 3.72. The fraction of sp³-hybridized carbons (Fsp3) is 0.750. The van der Waals surface area contributed by atoms with Crippen LogP contribution in [-0.2, 0) is 0 Å². The Hall–Kier alpha value is -0.640. The highest BCUT2D eigenvalue weighted by molar-refractivity contribution is 9.10. The number of hydrogen-bond donors (Lipinski definition) is 1. The van der Waals surface area contributed by atoms with Gasteiger partial charge in [-0.25, -0.2) is 9.97 Å². The van der Waals surface area contributed by atoms with Gasteiger partial charge in [0, 0.05) is 12.5 Å². The minimum absolute atomic E-state index is 0.490. The SMILES string of the molecule is CCCNc1nc(C2CCC(C)(C)CC2)nc(C)c1Br. The van der Waals surface area contributed by atoms with Gasteiger partial charge in [0.2, 0.25) is 0 Å². The Balaban J connectivity index is 2.18. The van der Waals surface area contributed by atoms with Crippen LogP contribution in [0.3, 0.4) is 0 Å². The lowest BCUT2D eigenvalue weighted by Gasteiger charge is -2.33. The van der Waals surface area contributed by atoms with E-state index in [-0.39, 0.29) is 0 Å². The smallest absolute Gasteiger partial charge is 0.144 e. The number of anilines is 1. The Morgan fingerprint density at radius 2 is 1.90 bits per heavy atom. The Bertz CT molecular complexity index is 461. The summed E-state index contributed by atoms with van der Waals surface area (Å²) in [7, 11) is 0. The van der Waals surface area contributed by atoms with Crippen molar-refractivity contribution in [3.05, 3.63) is 16.0 Å². The third-order valence-corrected chi connectivity index (χ3v) is 5.23. The maximum atomic E-state index is 4.77. The molecule has 0 spiro atoms. The summed E-state index contributed by atoms with van der Waals surface area (Å²) in [6.07, 6.45) is 6.06. The van der Waals surface area contributed by atoms with E-state index in [0.717, 1.165) is 34.8 Å². The predicted octanol–water partition coefficient (Wildman–Crippen LogP) is 5.05. The molecule has 1 aromatic rings. The first kappa shape index (κ1) is 15.7. The second kappa shape index (κ2) is 6.42. The van der Waals surface area contributed by atoms with Crippen LogP contribution in [0.1, 0.15) is 70.3 Å². The lowest BCUT2D eigenvalue weighted by Crippen LogP contribution is -2.22. The van der Waals surface area contributed by atoms with Gasteiger partial charge in [-0.15, -0.1) is 0 Å². The Morgan fingerprint density at radius 3 is 2.50 bits per heavy atom. The summed E-state index contributed by atoms with van der Waals surface area (Å²) in [6.45, 7) is 9.90. The van der Waals surface area contributed by atoms with Gasteiger partial charge < -0.3 is 5.32 Å². The number of rotatable bonds is 4. The van der Waals surface area contributed by atoms with Gasteiger partial charge in [0.15, 0.2) is 0 Å². The van der Waals surface area contributed by atoms with E-state index in [1.54, 1.807) is 0 Å². The zero-order chi connectivity index (χ0) is 14.8. The molecular formula is C16H26BrN3. The maximum Gasteiger partial charge on any atom is 0.144 e. The van der Waals surface area contributed by atoms with Crippen LogP contribution >= 0.6 is 15.9 Å². The van der Waals surface area contributed by atoms with Crippen LogP contribution < -0.4 is 5.32 Å². The topological polar surface area (TPSA) is 37.8 Å². The van der Waals surface area contributed by atoms with Gasteiger partial charge in [0.05, 0.1) is 10.2 Å². The predicted molar refractivity (Wildman–Crippen MR) is 88.2 cm³/mol. The molecule has 1 aliphatic rings. The Labute approximate surface area is 131 Å². The number of aromatic nitrogens is 2. The second-order valence-corrected chi connectivity index (χ2v) is 7.49. The summed E-state index contributed by atoms with van der Waals surface area (Å²) < 4.78 is 1.01. The molecule has 0 radical (unpaired) electrons. The number of halogens is 1. The van der Waals surface area contributed by atoms with Crippen molar-refractivity contribution >= 4 is 21.7 Å². The van der Waals surface area contributed by atoms with Gasteiger partial charge in [-0.05, 0) is 60.4 Å². The molecule has 0 atom stereocenters. The molecule has 112 valence electrons. The van der Waals surface area contributed by atoms with Crippen LogP contribution in [0.2, 0.25) is 0 Å². The summed E-state index contributed by atoms with van der Waals surface area (Å²) >= 11 is 3.60. The lowest BCUT2D eigenvalue weighted by atomic mass is 9.73. The number of nitrogens with one attached hydrogen (secondary N) is 1. The van der Waals surface area contributed by atoms with Crippen LogP contribution in [-0.4, -0.2) is 16.5 Å². The highest BCUT2D eigenvalue weighted by Crippen LogP contribution is 2.42. The summed E-state index contributed by atoms with van der Waals surface area (Å²) in [4.78, 5) is 9.49.